The fourth-order valence-corrected chi connectivity index (χ4v) is 2.83. The van der Waals surface area contributed by atoms with E-state index in [0.717, 1.165) is 31.6 Å². The highest BCUT2D eigenvalue weighted by Gasteiger charge is 2.28. The minimum Gasteiger partial charge on any atom is -0.478 e. The number of benzene rings is 1. The summed E-state index contributed by atoms with van der Waals surface area (Å²) in [6.45, 7) is 7.69. The van der Waals surface area contributed by atoms with E-state index in [4.69, 9.17) is 5.11 Å². The summed E-state index contributed by atoms with van der Waals surface area (Å²) in [5.41, 5.74) is 1.17. The number of likely N-dealkylation sites (tertiary alicyclic amines) is 1. The van der Waals surface area contributed by atoms with Gasteiger partial charge in [0.2, 0.25) is 5.91 Å². The van der Waals surface area contributed by atoms with Crippen LogP contribution in [-0.4, -0.2) is 41.5 Å². The Morgan fingerprint density at radius 1 is 1.32 bits per heavy atom. The topological polar surface area (TPSA) is 69.6 Å². The van der Waals surface area contributed by atoms with Gasteiger partial charge in [0.05, 0.1) is 11.5 Å². The van der Waals surface area contributed by atoms with Crippen LogP contribution in [0.1, 0.15) is 36.2 Å². The van der Waals surface area contributed by atoms with E-state index in [1.54, 1.807) is 24.3 Å². The fourth-order valence-electron chi connectivity index (χ4n) is 2.83. The molecule has 120 valence electrons. The lowest BCUT2D eigenvalue weighted by atomic mass is 10.1. The molecule has 5 heteroatoms. The summed E-state index contributed by atoms with van der Waals surface area (Å²) in [5, 5.41) is 11.8. The first-order valence-electron chi connectivity index (χ1n) is 7.78. The summed E-state index contributed by atoms with van der Waals surface area (Å²) < 4.78 is 0. The molecule has 22 heavy (non-hydrogen) atoms. The zero-order chi connectivity index (χ0) is 16.1. The van der Waals surface area contributed by atoms with Crippen LogP contribution in [0.2, 0.25) is 0 Å². The van der Waals surface area contributed by atoms with Gasteiger partial charge in [0, 0.05) is 19.6 Å². The van der Waals surface area contributed by atoms with Crippen molar-refractivity contribution >= 4 is 11.9 Å². The summed E-state index contributed by atoms with van der Waals surface area (Å²) in [6.07, 6.45) is 0.913. The average Bonchev–Trinajstić information content (AvgIpc) is 2.93. The van der Waals surface area contributed by atoms with E-state index in [9.17, 15) is 9.59 Å². The molecule has 1 saturated heterocycles. The molecular weight excluding hydrogens is 280 g/mol. The van der Waals surface area contributed by atoms with Gasteiger partial charge in [-0.1, -0.05) is 26.0 Å². The molecule has 2 N–H and O–H groups in total. The number of amides is 1. The van der Waals surface area contributed by atoms with Gasteiger partial charge in [-0.15, -0.1) is 0 Å². The highest BCUT2D eigenvalue weighted by molar-refractivity contribution is 5.87. The first-order chi connectivity index (χ1) is 10.5. The summed E-state index contributed by atoms with van der Waals surface area (Å²) in [6, 6.07) is 6.60. The van der Waals surface area contributed by atoms with Crippen LogP contribution < -0.4 is 5.32 Å². The van der Waals surface area contributed by atoms with Crippen LogP contribution in [0.4, 0.5) is 0 Å². The number of hydrogen-bond acceptors (Lipinski definition) is 3. The molecule has 5 nitrogen and oxygen atoms in total. The van der Waals surface area contributed by atoms with Crippen LogP contribution in [0.3, 0.4) is 0 Å². The van der Waals surface area contributed by atoms with E-state index < -0.39 is 5.97 Å². The van der Waals surface area contributed by atoms with Crippen LogP contribution in [0.5, 0.6) is 0 Å². The van der Waals surface area contributed by atoms with Gasteiger partial charge in [-0.2, -0.15) is 0 Å². The summed E-state index contributed by atoms with van der Waals surface area (Å²) >= 11 is 0. The molecule has 1 amide bonds. The highest BCUT2D eigenvalue weighted by atomic mass is 16.4. The lowest BCUT2D eigenvalue weighted by molar-refractivity contribution is -0.124. The smallest absolute Gasteiger partial charge is 0.335 e. The van der Waals surface area contributed by atoms with E-state index >= 15 is 0 Å². The summed E-state index contributed by atoms with van der Waals surface area (Å²) in [7, 11) is 0. The van der Waals surface area contributed by atoms with Crippen molar-refractivity contribution < 1.29 is 14.7 Å². The first-order valence-corrected chi connectivity index (χ1v) is 7.78. The van der Waals surface area contributed by atoms with Gasteiger partial charge in [-0.3, -0.25) is 4.79 Å². The van der Waals surface area contributed by atoms with Crippen molar-refractivity contribution in [3.63, 3.8) is 0 Å². The zero-order valence-electron chi connectivity index (χ0n) is 13.2. The van der Waals surface area contributed by atoms with Crippen molar-refractivity contribution in [1.82, 2.24) is 10.2 Å². The molecule has 1 heterocycles. The lowest BCUT2D eigenvalue weighted by Gasteiger charge is -2.18. The maximum atomic E-state index is 12.2. The third-order valence-electron chi connectivity index (χ3n) is 3.93. The zero-order valence-corrected chi connectivity index (χ0v) is 13.2. The Bertz CT molecular complexity index is 525. The summed E-state index contributed by atoms with van der Waals surface area (Å²) in [4.78, 5) is 25.3. The van der Waals surface area contributed by atoms with Crippen LogP contribution in [-0.2, 0) is 11.3 Å². The van der Waals surface area contributed by atoms with Crippen molar-refractivity contribution in [3.05, 3.63) is 35.4 Å². The standard InChI is InChI=1S/C17H24N2O3/c1-12(2)10-19-8-7-15(11-19)16(20)18-9-13-3-5-14(6-4-13)17(21)22/h3-6,12,15H,7-11H2,1-2H3,(H,18,20)(H,21,22). The minimum atomic E-state index is -0.938. The van der Waals surface area contributed by atoms with Gasteiger partial charge in [-0.25, -0.2) is 4.79 Å². The van der Waals surface area contributed by atoms with Crippen LogP contribution >= 0.6 is 0 Å². The predicted octanol–water partition coefficient (Wildman–Crippen LogP) is 1.98. The Kier molecular flexibility index (Phi) is 5.55. The Balaban J connectivity index is 1.79. The van der Waals surface area contributed by atoms with Gasteiger partial charge >= 0.3 is 5.97 Å². The largest absolute Gasteiger partial charge is 0.478 e. The fraction of sp³-hybridized carbons (Fsp3) is 0.529. The summed E-state index contributed by atoms with van der Waals surface area (Å²) in [5.74, 6) is -0.160. The number of aromatic carboxylic acids is 1. The number of carboxylic acids is 1. The van der Waals surface area contributed by atoms with E-state index in [1.807, 2.05) is 0 Å². The van der Waals surface area contributed by atoms with E-state index in [-0.39, 0.29) is 17.4 Å². The molecule has 1 fully saturated rings. The Morgan fingerprint density at radius 3 is 2.59 bits per heavy atom. The molecular formula is C17H24N2O3. The van der Waals surface area contributed by atoms with Gasteiger partial charge in [0.25, 0.3) is 0 Å². The third-order valence-corrected chi connectivity index (χ3v) is 3.93. The van der Waals surface area contributed by atoms with Crippen LogP contribution in [0.15, 0.2) is 24.3 Å². The molecule has 0 spiro atoms. The number of carbonyl (C=O) groups is 2. The second-order valence-electron chi connectivity index (χ2n) is 6.36. The van der Waals surface area contributed by atoms with Crippen molar-refractivity contribution in [3.8, 4) is 0 Å². The molecule has 0 aliphatic carbocycles. The number of rotatable bonds is 6. The molecule has 1 aromatic carbocycles. The second-order valence-corrected chi connectivity index (χ2v) is 6.36. The Labute approximate surface area is 131 Å². The first kappa shape index (κ1) is 16.5. The quantitative estimate of drug-likeness (QED) is 0.843. The lowest BCUT2D eigenvalue weighted by Crippen LogP contribution is -2.33. The highest BCUT2D eigenvalue weighted by Crippen LogP contribution is 2.17. The molecule has 1 aromatic rings. The second kappa shape index (κ2) is 7.40. The van der Waals surface area contributed by atoms with Crippen molar-refractivity contribution in [2.24, 2.45) is 11.8 Å². The number of nitrogens with zero attached hydrogens (tertiary/aromatic N) is 1. The van der Waals surface area contributed by atoms with E-state index in [0.29, 0.717) is 12.5 Å². The van der Waals surface area contributed by atoms with E-state index in [1.165, 1.54) is 0 Å². The molecule has 1 aliphatic heterocycles. The molecule has 0 radical (unpaired) electrons. The molecule has 2 rings (SSSR count). The number of carboxylic acid groups (broad SMARTS) is 1. The molecule has 0 saturated carbocycles. The SMILES string of the molecule is CC(C)CN1CCC(C(=O)NCc2ccc(C(=O)O)cc2)C1. The molecule has 1 atom stereocenters. The monoisotopic (exact) mass is 304 g/mol. The maximum Gasteiger partial charge on any atom is 0.335 e. The predicted molar refractivity (Wildman–Crippen MR) is 84.6 cm³/mol. The van der Waals surface area contributed by atoms with Gasteiger partial charge in [-0.05, 0) is 36.6 Å². The molecule has 1 unspecified atom stereocenters. The van der Waals surface area contributed by atoms with Gasteiger partial charge in [0.1, 0.15) is 0 Å². The minimum absolute atomic E-state index is 0.0667. The normalized spacial score (nSPS) is 18.6. The number of nitrogens with one attached hydrogen (secondary N) is 1. The molecule has 1 aliphatic rings. The maximum absolute atomic E-state index is 12.2. The number of carbonyl (C=O) groups excluding carboxylic acids is 1. The van der Waals surface area contributed by atoms with Crippen molar-refractivity contribution in [2.75, 3.05) is 19.6 Å². The van der Waals surface area contributed by atoms with E-state index in [2.05, 4.69) is 24.1 Å². The molecule has 0 aromatic heterocycles. The Morgan fingerprint density at radius 2 is 2.00 bits per heavy atom. The van der Waals surface area contributed by atoms with Crippen molar-refractivity contribution in [1.29, 1.82) is 0 Å². The van der Waals surface area contributed by atoms with Crippen molar-refractivity contribution in [2.45, 2.75) is 26.8 Å². The third kappa shape index (κ3) is 4.56. The van der Waals surface area contributed by atoms with Gasteiger partial charge < -0.3 is 15.3 Å². The Hall–Kier alpha value is -1.88. The van der Waals surface area contributed by atoms with Crippen LogP contribution in [0.25, 0.3) is 0 Å². The molecule has 0 bridgehead atoms. The average molecular weight is 304 g/mol. The van der Waals surface area contributed by atoms with Crippen LogP contribution in [0, 0.1) is 11.8 Å². The van der Waals surface area contributed by atoms with Gasteiger partial charge in [0.15, 0.2) is 0 Å². The number of hydrogen-bond donors (Lipinski definition) is 2.